The van der Waals surface area contributed by atoms with Gasteiger partial charge in [-0.3, -0.25) is 9.59 Å². The topological polar surface area (TPSA) is 60.4 Å². The molecule has 0 aromatic rings. The lowest BCUT2D eigenvalue weighted by Gasteiger charge is -2.19. The van der Waals surface area contributed by atoms with E-state index in [1.54, 1.807) is 0 Å². The Morgan fingerprint density at radius 2 is 1.94 bits per heavy atom. The molecule has 1 atom stereocenters. The average molecular weight is 252 g/mol. The molecule has 1 fully saturated rings. The van der Waals surface area contributed by atoms with Crippen molar-refractivity contribution in [3.8, 4) is 0 Å². The monoisotopic (exact) mass is 252 g/mol. The molecule has 1 aliphatic carbocycles. The zero-order valence-corrected chi connectivity index (χ0v) is 8.88. The Hall–Kier alpha value is -1.40. The van der Waals surface area contributed by atoms with Gasteiger partial charge in [-0.2, -0.15) is 13.2 Å². The Morgan fingerprint density at radius 1 is 1.29 bits per heavy atom. The lowest BCUT2D eigenvalue weighted by atomic mass is 9.85. The quantitative estimate of drug-likeness (QED) is 0.713. The molecule has 1 unspecified atom stereocenters. The Labute approximate surface area is 95.1 Å². The van der Waals surface area contributed by atoms with E-state index in [0.717, 1.165) is 0 Å². The second kappa shape index (κ2) is 5.29. The van der Waals surface area contributed by atoms with Crippen molar-refractivity contribution in [2.45, 2.75) is 31.9 Å². The van der Waals surface area contributed by atoms with Gasteiger partial charge in [-0.1, -0.05) is 0 Å². The van der Waals surface area contributed by atoms with Gasteiger partial charge in [0.1, 0.15) is 11.6 Å². The molecule has 0 aromatic heterocycles. The van der Waals surface area contributed by atoms with E-state index in [9.17, 15) is 27.6 Å². The lowest BCUT2D eigenvalue weighted by Crippen LogP contribution is -2.29. The second-order valence-electron chi connectivity index (χ2n) is 3.83. The van der Waals surface area contributed by atoms with Crippen molar-refractivity contribution in [3.63, 3.8) is 0 Å². The zero-order chi connectivity index (χ0) is 13.1. The number of carbonyl (C=O) groups excluding carboxylic acids is 3. The first-order valence-corrected chi connectivity index (χ1v) is 5.09. The third-order valence-electron chi connectivity index (χ3n) is 2.51. The maximum absolute atomic E-state index is 11.8. The Morgan fingerprint density at radius 3 is 2.53 bits per heavy atom. The second-order valence-corrected chi connectivity index (χ2v) is 3.83. The van der Waals surface area contributed by atoms with Gasteiger partial charge in [-0.05, 0) is 6.42 Å². The highest BCUT2D eigenvalue weighted by molar-refractivity contribution is 5.94. The SMILES string of the molecule is O=C1CCC(=O)C(CCOC(=O)C(F)(F)F)C1. The summed E-state index contributed by atoms with van der Waals surface area (Å²) in [5.74, 6) is -3.13. The fourth-order valence-corrected chi connectivity index (χ4v) is 1.60. The van der Waals surface area contributed by atoms with Gasteiger partial charge in [0.15, 0.2) is 0 Å². The van der Waals surface area contributed by atoms with Gasteiger partial charge in [0, 0.05) is 25.2 Å². The number of ether oxygens (including phenoxy) is 1. The van der Waals surface area contributed by atoms with Gasteiger partial charge >= 0.3 is 12.1 Å². The molecule has 0 amide bonds. The van der Waals surface area contributed by atoms with Gasteiger partial charge < -0.3 is 4.74 Å². The van der Waals surface area contributed by atoms with Gasteiger partial charge in [-0.25, -0.2) is 4.79 Å². The van der Waals surface area contributed by atoms with Crippen LogP contribution in [0.4, 0.5) is 13.2 Å². The van der Waals surface area contributed by atoms with Gasteiger partial charge in [-0.15, -0.1) is 0 Å². The molecule has 4 nitrogen and oxygen atoms in total. The Bertz CT molecular complexity index is 335. The number of halogens is 3. The molecule has 1 saturated carbocycles. The van der Waals surface area contributed by atoms with Crippen LogP contribution >= 0.6 is 0 Å². The van der Waals surface area contributed by atoms with E-state index in [4.69, 9.17) is 0 Å². The summed E-state index contributed by atoms with van der Waals surface area (Å²) in [5, 5.41) is 0. The summed E-state index contributed by atoms with van der Waals surface area (Å²) < 4.78 is 39.2. The highest BCUT2D eigenvalue weighted by Crippen LogP contribution is 2.22. The van der Waals surface area contributed by atoms with Crippen molar-refractivity contribution in [2.24, 2.45) is 5.92 Å². The third-order valence-corrected chi connectivity index (χ3v) is 2.51. The highest BCUT2D eigenvalue weighted by Gasteiger charge is 2.41. The molecule has 0 radical (unpaired) electrons. The Kier molecular flexibility index (Phi) is 4.25. The molecular weight excluding hydrogens is 241 g/mol. The van der Waals surface area contributed by atoms with E-state index in [2.05, 4.69) is 4.74 Å². The largest absolute Gasteiger partial charge is 0.490 e. The summed E-state index contributed by atoms with van der Waals surface area (Å²) in [6, 6.07) is 0. The van der Waals surface area contributed by atoms with E-state index < -0.39 is 24.7 Å². The van der Waals surface area contributed by atoms with Gasteiger partial charge in [0.05, 0.1) is 6.61 Å². The first kappa shape index (κ1) is 13.7. The number of ketones is 2. The standard InChI is InChI=1S/C10H11F3O4/c11-10(12,13)9(16)17-4-3-6-5-7(14)1-2-8(6)15/h6H,1-5H2. The van der Waals surface area contributed by atoms with Crippen LogP contribution in [0.1, 0.15) is 25.7 Å². The first-order valence-electron chi connectivity index (χ1n) is 5.09. The van der Waals surface area contributed by atoms with Gasteiger partial charge in [0.2, 0.25) is 0 Å². The summed E-state index contributed by atoms with van der Waals surface area (Å²) in [5.41, 5.74) is 0. The number of alkyl halides is 3. The smallest absolute Gasteiger partial charge is 0.459 e. The van der Waals surface area contributed by atoms with Crippen molar-refractivity contribution >= 4 is 17.5 Å². The molecular formula is C10H11F3O4. The van der Waals surface area contributed by atoms with Crippen LogP contribution in [0.15, 0.2) is 0 Å². The van der Waals surface area contributed by atoms with Crippen molar-refractivity contribution in [3.05, 3.63) is 0 Å². The minimum absolute atomic E-state index is 0.0302. The molecule has 0 bridgehead atoms. The van der Waals surface area contributed by atoms with E-state index in [1.165, 1.54) is 0 Å². The fourth-order valence-electron chi connectivity index (χ4n) is 1.60. The van der Waals surface area contributed by atoms with E-state index in [1.807, 2.05) is 0 Å². The molecule has 0 saturated heterocycles. The molecule has 0 N–H and O–H groups in total. The van der Waals surface area contributed by atoms with Crippen LogP contribution in [0.25, 0.3) is 0 Å². The molecule has 1 rings (SSSR count). The number of Topliss-reactive ketones (excluding diaryl/α,β-unsaturated/α-hetero) is 2. The molecule has 17 heavy (non-hydrogen) atoms. The van der Waals surface area contributed by atoms with Crippen molar-refractivity contribution in [1.82, 2.24) is 0 Å². The molecule has 7 heteroatoms. The normalized spacial score (nSPS) is 21.5. The highest BCUT2D eigenvalue weighted by atomic mass is 19.4. The summed E-state index contributed by atoms with van der Waals surface area (Å²) in [7, 11) is 0. The lowest BCUT2D eigenvalue weighted by molar-refractivity contribution is -0.200. The maximum Gasteiger partial charge on any atom is 0.490 e. The maximum atomic E-state index is 11.8. The van der Waals surface area contributed by atoms with Crippen LogP contribution in [0.5, 0.6) is 0 Å². The molecule has 0 aliphatic heterocycles. The van der Waals surface area contributed by atoms with Crippen LogP contribution < -0.4 is 0 Å². The number of carbonyl (C=O) groups is 3. The van der Waals surface area contributed by atoms with Crippen molar-refractivity contribution < 1.29 is 32.3 Å². The first-order chi connectivity index (χ1) is 7.80. The number of hydrogen-bond acceptors (Lipinski definition) is 4. The fraction of sp³-hybridized carbons (Fsp3) is 0.700. The van der Waals surface area contributed by atoms with Gasteiger partial charge in [0.25, 0.3) is 0 Å². The van der Waals surface area contributed by atoms with Crippen LogP contribution in [0.2, 0.25) is 0 Å². The minimum atomic E-state index is -5.02. The van der Waals surface area contributed by atoms with E-state index in [-0.39, 0.29) is 37.2 Å². The predicted octanol–water partition coefficient (Wildman–Crippen LogP) is 1.42. The van der Waals surface area contributed by atoms with Crippen LogP contribution in [-0.2, 0) is 19.1 Å². The van der Waals surface area contributed by atoms with Crippen molar-refractivity contribution in [2.75, 3.05) is 6.61 Å². The number of rotatable bonds is 3. The third kappa shape index (κ3) is 4.16. The van der Waals surface area contributed by atoms with E-state index in [0.29, 0.717) is 0 Å². The molecule has 1 aliphatic rings. The minimum Gasteiger partial charge on any atom is -0.459 e. The van der Waals surface area contributed by atoms with Crippen LogP contribution in [0.3, 0.4) is 0 Å². The number of hydrogen-bond donors (Lipinski definition) is 0. The summed E-state index contributed by atoms with van der Waals surface area (Å²) in [6.45, 7) is -0.498. The summed E-state index contributed by atoms with van der Waals surface area (Å²) in [4.78, 5) is 32.7. The predicted molar refractivity (Wildman–Crippen MR) is 49.0 cm³/mol. The van der Waals surface area contributed by atoms with Crippen molar-refractivity contribution in [1.29, 1.82) is 0 Å². The van der Waals surface area contributed by atoms with E-state index >= 15 is 0 Å². The van der Waals surface area contributed by atoms with Crippen LogP contribution in [0, 0.1) is 5.92 Å². The molecule has 96 valence electrons. The summed E-state index contributed by atoms with van der Waals surface area (Å²) in [6.07, 6.45) is -4.71. The number of esters is 1. The van der Waals surface area contributed by atoms with Crippen LogP contribution in [-0.4, -0.2) is 30.3 Å². The average Bonchev–Trinajstić information content (AvgIpc) is 2.21. The molecule has 0 spiro atoms. The zero-order valence-electron chi connectivity index (χ0n) is 8.88. The summed E-state index contributed by atoms with van der Waals surface area (Å²) >= 11 is 0. The Balaban J connectivity index is 2.33. The molecule has 0 aromatic carbocycles. The molecule has 0 heterocycles.